The van der Waals surface area contributed by atoms with Gasteiger partial charge in [-0.25, -0.2) is 4.98 Å². The lowest BCUT2D eigenvalue weighted by Crippen LogP contribution is -1.93. The number of nitrogens with two attached hydrogens (primary N) is 1. The minimum Gasteiger partial charge on any atom is -0.383 e. The van der Waals surface area contributed by atoms with E-state index in [1.807, 2.05) is 6.92 Å². The number of hydrogen-bond acceptors (Lipinski definition) is 2. The summed E-state index contributed by atoms with van der Waals surface area (Å²) in [6.07, 6.45) is 0. The van der Waals surface area contributed by atoms with Crippen LogP contribution in [0.2, 0.25) is 5.02 Å². The zero-order chi connectivity index (χ0) is 7.72. The zero-order valence-electron chi connectivity index (χ0n) is 5.36. The van der Waals surface area contributed by atoms with Crippen molar-refractivity contribution >= 4 is 33.3 Å². The molecule has 2 nitrogen and oxygen atoms in total. The van der Waals surface area contributed by atoms with Crippen LogP contribution in [-0.4, -0.2) is 4.98 Å². The quantitative estimate of drug-likeness (QED) is 0.683. The van der Waals surface area contributed by atoms with Crippen LogP contribution in [0.25, 0.3) is 0 Å². The predicted molar refractivity (Wildman–Crippen MR) is 46.1 cm³/mol. The number of aromatic nitrogens is 1. The van der Waals surface area contributed by atoms with Crippen LogP contribution < -0.4 is 5.73 Å². The topological polar surface area (TPSA) is 38.9 Å². The van der Waals surface area contributed by atoms with E-state index in [-0.39, 0.29) is 0 Å². The van der Waals surface area contributed by atoms with Gasteiger partial charge < -0.3 is 5.73 Å². The molecule has 54 valence electrons. The van der Waals surface area contributed by atoms with Gasteiger partial charge in [-0.2, -0.15) is 0 Å². The lowest BCUT2D eigenvalue weighted by molar-refractivity contribution is 1.24. The number of aryl methyl sites for hydroxylation is 1. The van der Waals surface area contributed by atoms with E-state index in [0.717, 1.165) is 5.56 Å². The molecule has 0 amide bonds. The van der Waals surface area contributed by atoms with Crippen LogP contribution in [0.5, 0.6) is 0 Å². The molecule has 0 aliphatic rings. The number of halogens is 2. The first-order valence-electron chi connectivity index (χ1n) is 2.69. The van der Waals surface area contributed by atoms with Crippen molar-refractivity contribution in [3.05, 3.63) is 21.3 Å². The Morgan fingerprint density at radius 3 is 2.80 bits per heavy atom. The summed E-state index contributed by atoms with van der Waals surface area (Å²) in [6.45, 7) is 1.86. The maximum atomic E-state index is 5.72. The van der Waals surface area contributed by atoms with Crippen molar-refractivity contribution < 1.29 is 0 Å². The van der Waals surface area contributed by atoms with Crippen LogP contribution >= 0.6 is 27.5 Å². The average Bonchev–Trinajstić information content (AvgIpc) is 1.84. The number of nitrogen functional groups attached to an aromatic ring is 1. The van der Waals surface area contributed by atoms with Crippen LogP contribution in [0.4, 0.5) is 5.82 Å². The highest BCUT2D eigenvalue weighted by Crippen LogP contribution is 2.23. The summed E-state index contributed by atoms with van der Waals surface area (Å²) < 4.78 is 0.595. The molecule has 0 unspecified atom stereocenters. The molecule has 2 N–H and O–H groups in total. The highest BCUT2D eigenvalue weighted by molar-refractivity contribution is 9.10. The monoisotopic (exact) mass is 220 g/mol. The number of hydrogen-bond donors (Lipinski definition) is 1. The highest BCUT2D eigenvalue weighted by atomic mass is 79.9. The Bertz CT molecular complexity index is 212. The number of anilines is 1. The van der Waals surface area contributed by atoms with Crippen molar-refractivity contribution in [2.75, 3.05) is 5.73 Å². The molecule has 1 heterocycles. The fraction of sp³-hybridized carbons (Fsp3) is 0.167. The van der Waals surface area contributed by atoms with Gasteiger partial charge in [0.15, 0.2) is 0 Å². The van der Waals surface area contributed by atoms with Gasteiger partial charge in [0.25, 0.3) is 0 Å². The Balaban J connectivity index is 3.28. The van der Waals surface area contributed by atoms with Gasteiger partial charge in [0.05, 0.1) is 5.02 Å². The largest absolute Gasteiger partial charge is 0.383 e. The summed E-state index contributed by atoms with van der Waals surface area (Å²) in [5.41, 5.74) is 6.39. The lowest BCUT2D eigenvalue weighted by Gasteiger charge is -1.99. The molecule has 0 aromatic carbocycles. The Morgan fingerprint density at radius 1 is 1.70 bits per heavy atom. The van der Waals surface area contributed by atoms with Gasteiger partial charge in [-0.3, -0.25) is 0 Å². The maximum absolute atomic E-state index is 5.72. The van der Waals surface area contributed by atoms with Gasteiger partial charge in [0.1, 0.15) is 10.4 Å². The number of nitrogens with zero attached hydrogens (tertiary/aromatic N) is 1. The third-order valence-corrected chi connectivity index (χ3v) is 2.28. The van der Waals surface area contributed by atoms with E-state index in [2.05, 4.69) is 20.9 Å². The maximum Gasteiger partial charge on any atom is 0.127 e. The second-order valence-corrected chi connectivity index (χ2v) is 3.12. The molecule has 0 radical (unpaired) electrons. The van der Waals surface area contributed by atoms with Crippen LogP contribution in [0, 0.1) is 6.92 Å². The molecule has 10 heavy (non-hydrogen) atoms. The molecule has 0 atom stereocenters. The molecule has 1 aromatic heterocycles. The van der Waals surface area contributed by atoms with E-state index in [0.29, 0.717) is 15.4 Å². The second kappa shape index (κ2) is 2.76. The minimum atomic E-state index is 0.510. The minimum absolute atomic E-state index is 0.510. The van der Waals surface area contributed by atoms with Gasteiger partial charge in [-0.15, -0.1) is 0 Å². The Morgan fingerprint density at radius 2 is 2.30 bits per heavy atom. The average molecular weight is 221 g/mol. The van der Waals surface area contributed by atoms with Crippen molar-refractivity contribution in [1.29, 1.82) is 0 Å². The van der Waals surface area contributed by atoms with E-state index in [4.69, 9.17) is 17.3 Å². The standard InChI is InChI=1S/C6H6BrClN2/c1-3-2-4(8)5(7)10-6(3)9/h2H,1H3,(H2,9,10). The van der Waals surface area contributed by atoms with E-state index >= 15 is 0 Å². The third-order valence-electron chi connectivity index (χ3n) is 1.16. The number of pyridine rings is 1. The summed E-state index contributed by atoms with van der Waals surface area (Å²) in [5, 5.41) is 0.590. The lowest BCUT2D eigenvalue weighted by atomic mass is 10.3. The van der Waals surface area contributed by atoms with Gasteiger partial charge in [-0.05, 0) is 34.5 Å². The molecular formula is C6H6BrClN2. The van der Waals surface area contributed by atoms with Crippen LogP contribution in [0.3, 0.4) is 0 Å². The first-order valence-corrected chi connectivity index (χ1v) is 3.86. The van der Waals surface area contributed by atoms with Gasteiger partial charge in [0, 0.05) is 0 Å². The fourth-order valence-corrected chi connectivity index (χ4v) is 1.08. The molecule has 0 bridgehead atoms. The zero-order valence-corrected chi connectivity index (χ0v) is 7.70. The van der Waals surface area contributed by atoms with Crippen molar-refractivity contribution in [3.63, 3.8) is 0 Å². The smallest absolute Gasteiger partial charge is 0.127 e. The molecule has 0 fully saturated rings. The first kappa shape index (κ1) is 7.82. The molecular weight excluding hydrogens is 215 g/mol. The Labute approximate surface area is 72.5 Å². The summed E-state index contributed by atoms with van der Waals surface area (Å²) in [5.74, 6) is 0.510. The Hall–Kier alpha value is -0.280. The van der Waals surface area contributed by atoms with Crippen LogP contribution in [0.1, 0.15) is 5.56 Å². The van der Waals surface area contributed by atoms with Crippen LogP contribution in [-0.2, 0) is 0 Å². The SMILES string of the molecule is Cc1cc(Cl)c(Br)nc1N. The predicted octanol–water partition coefficient (Wildman–Crippen LogP) is 2.39. The second-order valence-electron chi connectivity index (χ2n) is 1.96. The van der Waals surface area contributed by atoms with E-state index < -0.39 is 0 Å². The summed E-state index contributed by atoms with van der Waals surface area (Å²) in [4.78, 5) is 3.94. The first-order chi connectivity index (χ1) is 4.61. The van der Waals surface area contributed by atoms with Gasteiger partial charge in [0.2, 0.25) is 0 Å². The van der Waals surface area contributed by atoms with E-state index in [9.17, 15) is 0 Å². The molecule has 0 aliphatic heterocycles. The van der Waals surface area contributed by atoms with Crippen molar-refractivity contribution in [3.8, 4) is 0 Å². The summed E-state index contributed by atoms with van der Waals surface area (Å²) in [6, 6.07) is 1.77. The summed E-state index contributed by atoms with van der Waals surface area (Å²) in [7, 11) is 0. The summed E-state index contributed by atoms with van der Waals surface area (Å²) >= 11 is 8.88. The molecule has 1 rings (SSSR count). The highest BCUT2D eigenvalue weighted by Gasteiger charge is 2.00. The van der Waals surface area contributed by atoms with Gasteiger partial charge >= 0.3 is 0 Å². The molecule has 0 spiro atoms. The van der Waals surface area contributed by atoms with Crippen LogP contribution in [0.15, 0.2) is 10.7 Å². The van der Waals surface area contributed by atoms with Crippen molar-refractivity contribution in [2.24, 2.45) is 0 Å². The Kier molecular flexibility index (Phi) is 2.16. The van der Waals surface area contributed by atoms with Gasteiger partial charge in [-0.1, -0.05) is 11.6 Å². The molecule has 0 saturated heterocycles. The third kappa shape index (κ3) is 1.41. The number of rotatable bonds is 0. The van der Waals surface area contributed by atoms with Crippen molar-refractivity contribution in [2.45, 2.75) is 6.92 Å². The molecule has 0 saturated carbocycles. The molecule has 4 heteroatoms. The normalized spacial score (nSPS) is 9.90. The van der Waals surface area contributed by atoms with E-state index in [1.54, 1.807) is 6.07 Å². The van der Waals surface area contributed by atoms with Crippen molar-refractivity contribution in [1.82, 2.24) is 4.98 Å². The fourth-order valence-electron chi connectivity index (χ4n) is 0.571. The molecule has 0 aliphatic carbocycles. The molecule has 1 aromatic rings. The van der Waals surface area contributed by atoms with E-state index in [1.165, 1.54) is 0 Å².